The first-order valence-electron chi connectivity index (χ1n) is 7.67. The molecule has 3 nitrogen and oxygen atoms in total. The molecule has 2 rings (SSSR count). The van der Waals surface area contributed by atoms with E-state index in [-0.39, 0.29) is 5.56 Å². The molecule has 0 radical (unpaired) electrons. The molecule has 0 heterocycles. The number of rotatable bonds is 4. The lowest BCUT2D eigenvalue weighted by Crippen LogP contribution is -2.39. The summed E-state index contributed by atoms with van der Waals surface area (Å²) in [5.74, 6) is -0.520. The molecular weight excluding hydrogens is 353 g/mol. The highest BCUT2D eigenvalue weighted by molar-refractivity contribution is 6.30. The fraction of sp³-hybridized carbons (Fsp3) is 0.278. The summed E-state index contributed by atoms with van der Waals surface area (Å²) in [5.41, 5.74) is 0.000923. The van der Waals surface area contributed by atoms with Crippen molar-refractivity contribution in [1.29, 1.82) is 0 Å². The van der Waals surface area contributed by atoms with Crippen LogP contribution in [0.5, 0.6) is 0 Å². The van der Waals surface area contributed by atoms with E-state index < -0.39 is 29.7 Å². The van der Waals surface area contributed by atoms with E-state index in [1.165, 1.54) is 12.1 Å². The maximum Gasteiger partial charge on any atom is 0.416 e. The Bertz CT molecular complexity index is 732. The van der Waals surface area contributed by atoms with Crippen molar-refractivity contribution in [2.24, 2.45) is 0 Å². The minimum Gasteiger partial charge on any atom is -0.335 e. The standard InChI is InChI=1S/C18H18ClF3N2O/c1-11(15-5-3-4-6-16(15)18(20,21)22)12(2)23-17(25)24-14-9-7-13(19)8-10-14/h3-12H,1-2H3,(H2,23,24,25). The van der Waals surface area contributed by atoms with Gasteiger partial charge in [-0.1, -0.05) is 36.7 Å². The van der Waals surface area contributed by atoms with Crippen molar-refractivity contribution < 1.29 is 18.0 Å². The van der Waals surface area contributed by atoms with Crippen LogP contribution < -0.4 is 10.6 Å². The van der Waals surface area contributed by atoms with Gasteiger partial charge in [-0.2, -0.15) is 13.2 Å². The maximum atomic E-state index is 13.1. The average Bonchev–Trinajstić information content (AvgIpc) is 2.55. The van der Waals surface area contributed by atoms with Crippen LogP contribution in [-0.2, 0) is 6.18 Å². The van der Waals surface area contributed by atoms with Crippen molar-refractivity contribution in [3.05, 3.63) is 64.7 Å². The van der Waals surface area contributed by atoms with E-state index in [0.29, 0.717) is 10.7 Å². The van der Waals surface area contributed by atoms with Crippen molar-refractivity contribution in [3.63, 3.8) is 0 Å². The summed E-state index contributed by atoms with van der Waals surface area (Å²) >= 11 is 5.77. The molecule has 2 amide bonds. The highest BCUT2D eigenvalue weighted by Gasteiger charge is 2.35. The van der Waals surface area contributed by atoms with Gasteiger partial charge in [0.05, 0.1) is 5.56 Å². The number of hydrogen-bond donors (Lipinski definition) is 2. The third-order valence-corrected chi connectivity index (χ3v) is 4.22. The Morgan fingerprint density at radius 3 is 2.24 bits per heavy atom. The summed E-state index contributed by atoms with van der Waals surface area (Å²) in [6.45, 7) is 3.32. The smallest absolute Gasteiger partial charge is 0.335 e. The third-order valence-electron chi connectivity index (χ3n) is 3.97. The van der Waals surface area contributed by atoms with Gasteiger partial charge in [-0.25, -0.2) is 4.79 Å². The minimum atomic E-state index is -4.43. The maximum absolute atomic E-state index is 13.1. The van der Waals surface area contributed by atoms with E-state index >= 15 is 0 Å². The fourth-order valence-corrected chi connectivity index (χ4v) is 2.58. The molecule has 0 aliphatic rings. The second-order valence-electron chi connectivity index (χ2n) is 5.77. The number of carbonyl (C=O) groups is 1. The Balaban J connectivity index is 2.06. The molecule has 0 aliphatic carbocycles. The second kappa shape index (κ2) is 7.78. The number of carbonyl (C=O) groups excluding carboxylic acids is 1. The summed E-state index contributed by atoms with van der Waals surface area (Å²) < 4.78 is 39.4. The molecule has 0 bridgehead atoms. The van der Waals surface area contributed by atoms with E-state index in [1.807, 2.05) is 0 Å². The van der Waals surface area contributed by atoms with E-state index in [2.05, 4.69) is 10.6 Å². The van der Waals surface area contributed by atoms with Crippen LogP contribution in [0, 0.1) is 0 Å². The van der Waals surface area contributed by atoms with E-state index in [4.69, 9.17) is 11.6 Å². The highest BCUT2D eigenvalue weighted by Crippen LogP contribution is 2.36. The van der Waals surface area contributed by atoms with Crippen LogP contribution in [-0.4, -0.2) is 12.1 Å². The molecule has 0 spiro atoms. The Kier molecular flexibility index (Phi) is 5.95. The Morgan fingerprint density at radius 1 is 1.04 bits per heavy atom. The normalized spacial score (nSPS) is 13.8. The van der Waals surface area contributed by atoms with E-state index in [0.717, 1.165) is 6.07 Å². The molecule has 2 atom stereocenters. The number of benzene rings is 2. The van der Waals surface area contributed by atoms with Crippen molar-refractivity contribution in [1.82, 2.24) is 5.32 Å². The average molecular weight is 371 g/mol. The molecule has 0 aromatic heterocycles. The molecule has 0 saturated carbocycles. The lowest BCUT2D eigenvalue weighted by atomic mass is 9.90. The third kappa shape index (κ3) is 5.13. The molecule has 7 heteroatoms. The molecule has 0 saturated heterocycles. The SMILES string of the molecule is CC(NC(=O)Nc1ccc(Cl)cc1)C(C)c1ccccc1C(F)(F)F. The number of alkyl halides is 3. The molecule has 2 N–H and O–H groups in total. The highest BCUT2D eigenvalue weighted by atomic mass is 35.5. The molecule has 134 valence electrons. The molecule has 0 fully saturated rings. The minimum absolute atomic E-state index is 0.147. The molecule has 2 aromatic rings. The van der Waals surface area contributed by atoms with Crippen molar-refractivity contribution in [2.45, 2.75) is 32.0 Å². The van der Waals surface area contributed by atoms with Crippen molar-refractivity contribution in [2.75, 3.05) is 5.32 Å². The first-order valence-corrected chi connectivity index (χ1v) is 8.05. The van der Waals surface area contributed by atoms with Crippen LogP contribution in [0.25, 0.3) is 0 Å². The number of urea groups is 1. The van der Waals surface area contributed by atoms with Crippen LogP contribution in [0.3, 0.4) is 0 Å². The number of halogens is 4. The van der Waals surface area contributed by atoms with Gasteiger partial charge in [0.25, 0.3) is 0 Å². The van der Waals surface area contributed by atoms with Gasteiger partial charge in [0, 0.05) is 22.7 Å². The predicted octanol–water partition coefficient (Wildman–Crippen LogP) is 5.67. The molecule has 2 aromatic carbocycles. The molecule has 0 aliphatic heterocycles. The molecular formula is C18H18ClF3N2O. The zero-order valence-corrected chi connectivity index (χ0v) is 14.4. The summed E-state index contributed by atoms with van der Waals surface area (Å²) in [5, 5.41) is 5.83. The number of nitrogens with one attached hydrogen (secondary N) is 2. The number of anilines is 1. The zero-order chi connectivity index (χ0) is 18.6. The van der Waals surface area contributed by atoms with Gasteiger partial charge >= 0.3 is 12.2 Å². The monoisotopic (exact) mass is 370 g/mol. The van der Waals surface area contributed by atoms with Gasteiger partial charge in [0.2, 0.25) is 0 Å². The lowest BCUT2D eigenvalue weighted by Gasteiger charge is -2.24. The molecule has 2 unspecified atom stereocenters. The Hall–Kier alpha value is -2.21. The van der Waals surface area contributed by atoms with E-state index in [9.17, 15) is 18.0 Å². The van der Waals surface area contributed by atoms with Gasteiger partial charge in [0.15, 0.2) is 0 Å². The fourth-order valence-electron chi connectivity index (χ4n) is 2.45. The number of amides is 2. The summed E-state index contributed by atoms with van der Waals surface area (Å²) in [6, 6.07) is 10.9. The van der Waals surface area contributed by atoms with Gasteiger partial charge in [0.1, 0.15) is 0 Å². The van der Waals surface area contributed by atoms with Crippen LogP contribution in [0.1, 0.15) is 30.9 Å². The van der Waals surface area contributed by atoms with Crippen LogP contribution in [0.2, 0.25) is 5.02 Å². The predicted molar refractivity (Wildman–Crippen MR) is 92.9 cm³/mol. The van der Waals surface area contributed by atoms with Gasteiger partial charge in [-0.15, -0.1) is 0 Å². The zero-order valence-electron chi connectivity index (χ0n) is 13.7. The van der Waals surface area contributed by atoms with Crippen LogP contribution in [0.15, 0.2) is 48.5 Å². The van der Waals surface area contributed by atoms with Gasteiger partial charge in [-0.05, 0) is 42.8 Å². The first kappa shape index (κ1) is 19.1. The Labute approximate surface area is 149 Å². The van der Waals surface area contributed by atoms with Crippen LogP contribution >= 0.6 is 11.6 Å². The van der Waals surface area contributed by atoms with Crippen molar-refractivity contribution in [3.8, 4) is 0 Å². The molecule has 25 heavy (non-hydrogen) atoms. The van der Waals surface area contributed by atoms with E-state index in [1.54, 1.807) is 44.2 Å². The van der Waals surface area contributed by atoms with Gasteiger partial charge < -0.3 is 10.6 Å². The lowest BCUT2D eigenvalue weighted by molar-refractivity contribution is -0.138. The second-order valence-corrected chi connectivity index (χ2v) is 6.20. The summed E-state index contributed by atoms with van der Waals surface area (Å²) in [6.07, 6.45) is -4.43. The van der Waals surface area contributed by atoms with Crippen molar-refractivity contribution >= 4 is 23.3 Å². The van der Waals surface area contributed by atoms with Gasteiger partial charge in [-0.3, -0.25) is 0 Å². The Morgan fingerprint density at radius 2 is 1.64 bits per heavy atom. The largest absolute Gasteiger partial charge is 0.416 e. The number of hydrogen-bond acceptors (Lipinski definition) is 1. The summed E-state index contributed by atoms with van der Waals surface area (Å²) in [7, 11) is 0. The topological polar surface area (TPSA) is 41.1 Å². The first-order chi connectivity index (χ1) is 11.7. The summed E-state index contributed by atoms with van der Waals surface area (Å²) in [4.78, 5) is 12.0. The van der Waals surface area contributed by atoms with Crippen LogP contribution in [0.4, 0.5) is 23.7 Å². The quantitative estimate of drug-likeness (QED) is 0.715.